The van der Waals surface area contributed by atoms with Gasteiger partial charge in [0.05, 0.1) is 27.8 Å². The van der Waals surface area contributed by atoms with Crippen molar-refractivity contribution >= 4 is 24.3 Å². The lowest BCUT2D eigenvalue weighted by Gasteiger charge is -2.18. The minimum Gasteiger partial charge on any atom is -0.497 e. The Hall–Kier alpha value is -2.34. The third-order valence-corrected chi connectivity index (χ3v) is 6.12. The fourth-order valence-electron chi connectivity index (χ4n) is 2.88. The first-order valence-electron chi connectivity index (χ1n) is 7.94. The lowest BCUT2D eigenvalue weighted by Crippen LogP contribution is -2.38. The van der Waals surface area contributed by atoms with Gasteiger partial charge in [-0.25, -0.2) is 4.68 Å². The van der Waals surface area contributed by atoms with Crippen LogP contribution in [0.25, 0.3) is 16.7 Å². The molecule has 1 aromatic heterocycles. The number of aryl methyl sites for hydroxylation is 1. The van der Waals surface area contributed by atoms with E-state index in [2.05, 4.69) is 49.0 Å². The second-order valence-corrected chi connectivity index (χ2v) is 12.0. The highest BCUT2D eigenvalue weighted by Gasteiger charge is 2.23. The van der Waals surface area contributed by atoms with E-state index in [0.29, 0.717) is 0 Å². The molecule has 0 atom stereocenters. The number of hydrogen-bond donors (Lipinski definition) is 0. The van der Waals surface area contributed by atoms with Crippen molar-refractivity contribution in [1.29, 1.82) is 0 Å². The van der Waals surface area contributed by atoms with E-state index >= 15 is 0 Å². The van der Waals surface area contributed by atoms with E-state index in [1.807, 2.05) is 22.9 Å². The SMILES string of the molecule is COc1ccc(OC)c(-n2nnc3c([Si](C)(C)C)cc(C)cc32)c1. The maximum absolute atomic E-state index is 5.51. The van der Waals surface area contributed by atoms with E-state index in [1.54, 1.807) is 14.2 Å². The molecule has 126 valence electrons. The molecule has 5 nitrogen and oxygen atoms in total. The van der Waals surface area contributed by atoms with E-state index in [4.69, 9.17) is 9.47 Å². The zero-order valence-electron chi connectivity index (χ0n) is 15.0. The van der Waals surface area contributed by atoms with Gasteiger partial charge >= 0.3 is 0 Å². The quantitative estimate of drug-likeness (QED) is 0.683. The third-order valence-electron chi connectivity index (χ3n) is 4.12. The topological polar surface area (TPSA) is 49.2 Å². The van der Waals surface area contributed by atoms with Gasteiger partial charge in [0.1, 0.15) is 22.7 Å². The molecule has 0 radical (unpaired) electrons. The highest BCUT2D eigenvalue weighted by atomic mass is 28.3. The maximum Gasteiger partial charge on any atom is 0.144 e. The van der Waals surface area contributed by atoms with Crippen molar-refractivity contribution in [2.45, 2.75) is 26.6 Å². The van der Waals surface area contributed by atoms with E-state index in [1.165, 1.54) is 10.8 Å². The second-order valence-electron chi connectivity index (χ2n) is 6.97. The van der Waals surface area contributed by atoms with Gasteiger partial charge in [-0.3, -0.25) is 0 Å². The Bertz CT molecular complexity index is 897. The number of nitrogens with zero attached hydrogens (tertiary/aromatic N) is 3. The van der Waals surface area contributed by atoms with Crippen LogP contribution in [0.5, 0.6) is 11.5 Å². The van der Waals surface area contributed by atoms with Gasteiger partial charge in [0.15, 0.2) is 0 Å². The largest absolute Gasteiger partial charge is 0.497 e. The molecule has 0 saturated carbocycles. The fraction of sp³-hybridized carbons (Fsp3) is 0.333. The summed E-state index contributed by atoms with van der Waals surface area (Å²) in [5.74, 6) is 1.49. The number of benzene rings is 2. The number of rotatable bonds is 4. The molecular formula is C18H23N3O2Si. The number of aromatic nitrogens is 3. The Morgan fingerprint density at radius 1 is 1.00 bits per heavy atom. The molecule has 2 aromatic carbocycles. The van der Waals surface area contributed by atoms with E-state index in [9.17, 15) is 0 Å². The summed E-state index contributed by atoms with van der Waals surface area (Å²) in [4.78, 5) is 0. The summed E-state index contributed by atoms with van der Waals surface area (Å²) in [5, 5.41) is 10.2. The van der Waals surface area contributed by atoms with Crippen molar-refractivity contribution in [2.75, 3.05) is 14.2 Å². The third kappa shape index (κ3) is 2.77. The van der Waals surface area contributed by atoms with E-state index < -0.39 is 8.07 Å². The molecule has 0 aliphatic heterocycles. The molecule has 24 heavy (non-hydrogen) atoms. The highest BCUT2D eigenvalue weighted by Crippen LogP contribution is 2.29. The molecule has 6 heteroatoms. The Balaban J connectivity index is 2.31. The molecule has 0 unspecified atom stereocenters. The van der Waals surface area contributed by atoms with E-state index in [-0.39, 0.29) is 0 Å². The lowest BCUT2D eigenvalue weighted by atomic mass is 10.2. The smallest absolute Gasteiger partial charge is 0.144 e. The zero-order chi connectivity index (χ0) is 17.5. The van der Waals surface area contributed by atoms with Crippen LogP contribution in [0.3, 0.4) is 0 Å². The molecule has 3 aromatic rings. The molecular weight excluding hydrogens is 318 g/mol. The van der Waals surface area contributed by atoms with Gasteiger partial charge in [-0.05, 0) is 35.9 Å². The summed E-state index contributed by atoms with van der Waals surface area (Å²) < 4.78 is 12.7. The van der Waals surface area contributed by atoms with Crippen molar-refractivity contribution in [1.82, 2.24) is 15.0 Å². The van der Waals surface area contributed by atoms with Crippen LogP contribution < -0.4 is 14.7 Å². The van der Waals surface area contributed by atoms with Gasteiger partial charge in [-0.2, -0.15) is 0 Å². The molecule has 0 spiro atoms. The summed E-state index contributed by atoms with van der Waals surface area (Å²) in [7, 11) is 1.78. The number of fused-ring (bicyclic) bond motifs is 1. The molecule has 0 amide bonds. The molecule has 0 N–H and O–H groups in total. The number of methoxy groups -OCH3 is 2. The van der Waals surface area contributed by atoms with Gasteiger partial charge in [0.2, 0.25) is 0 Å². The molecule has 0 aliphatic carbocycles. The number of ether oxygens (including phenoxy) is 2. The number of hydrogen-bond acceptors (Lipinski definition) is 4. The van der Waals surface area contributed by atoms with Crippen LogP contribution in [-0.2, 0) is 0 Å². The van der Waals surface area contributed by atoms with Crippen molar-refractivity contribution < 1.29 is 9.47 Å². The summed E-state index contributed by atoms with van der Waals surface area (Å²) in [6.45, 7) is 9.09. The zero-order valence-corrected chi connectivity index (χ0v) is 16.0. The van der Waals surface area contributed by atoms with Gasteiger partial charge < -0.3 is 9.47 Å². The Morgan fingerprint density at radius 3 is 2.38 bits per heavy atom. The fourth-order valence-corrected chi connectivity index (χ4v) is 4.42. The second kappa shape index (κ2) is 5.94. The van der Waals surface area contributed by atoms with Gasteiger partial charge in [-0.1, -0.05) is 30.9 Å². The summed E-state index contributed by atoms with van der Waals surface area (Å²) in [6, 6.07) is 10.1. The van der Waals surface area contributed by atoms with Crippen LogP contribution in [-0.4, -0.2) is 37.3 Å². The lowest BCUT2D eigenvalue weighted by molar-refractivity contribution is 0.400. The first-order valence-corrected chi connectivity index (χ1v) is 11.4. The van der Waals surface area contributed by atoms with Gasteiger partial charge in [-0.15, -0.1) is 5.10 Å². The predicted octanol–water partition coefficient (Wildman–Crippen LogP) is 3.29. The normalized spacial score (nSPS) is 11.8. The first kappa shape index (κ1) is 16.5. The molecule has 3 rings (SSSR count). The van der Waals surface area contributed by atoms with Crippen LogP contribution in [0.4, 0.5) is 0 Å². The molecule has 0 saturated heterocycles. The van der Waals surface area contributed by atoms with Crippen LogP contribution in [0.1, 0.15) is 5.56 Å². The standard InChI is InChI=1S/C18H23N3O2Si/c1-12-9-15-18(17(10-12)24(4,5)6)19-20-21(15)14-11-13(22-2)7-8-16(14)23-3/h7-11H,1-6H3. The molecule has 0 aliphatic rings. The van der Waals surface area contributed by atoms with Gasteiger partial charge in [0.25, 0.3) is 0 Å². The Kier molecular flexibility index (Phi) is 4.09. The predicted molar refractivity (Wildman–Crippen MR) is 99.7 cm³/mol. The summed E-state index contributed by atoms with van der Waals surface area (Å²) in [5.41, 5.74) is 4.01. The van der Waals surface area contributed by atoms with Crippen molar-refractivity contribution in [3.63, 3.8) is 0 Å². The summed E-state index contributed by atoms with van der Waals surface area (Å²) >= 11 is 0. The van der Waals surface area contributed by atoms with Crippen molar-refractivity contribution in [3.8, 4) is 17.2 Å². The van der Waals surface area contributed by atoms with Crippen molar-refractivity contribution in [2.24, 2.45) is 0 Å². The molecule has 1 heterocycles. The van der Waals surface area contributed by atoms with Crippen LogP contribution in [0.2, 0.25) is 19.6 Å². The van der Waals surface area contributed by atoms with Crippen LogP contribution >= 0.6 is 0 Å². The Morgan fingerprint density at radius 2 is 1.75 bits per heavy atom. The summed E-state index contributed by atoms with van der Waals surface area (Å²) in [6.07, 6.45) is 0. The Labute approximate surface area is 143 Å². The molecule has 0 fully saturated rings. The molecule has 0 bridgehead atoms. The monoisotopic (exact) mass is 341 g/mol. The average Bonchev–Trinajstić information content (AvgIpc) is 2.95. The average molecular weight is 341 g/mol. The van der Waals surface area contributed by atoms with E-state index in [0.717, 1.165) is 28.2 Å². The minimum absolute atomic E-state index is 0.735. The maximum atomic E-state index is 5.51. The van der Waals surface area contributed by atoms with Crippen molar-refractivity contribution in [3.05, 3.63) is 35.9 Å². The minimum atomic E-state index is -1.53. The highest BCUT2D eigenvalue weighted by molar-refractivity contribution is 6.90. The van der Waals surface area contributed by atoms with Crippen LogP contribution in [0.15, 0.2) is 30.3 Å². The van der Waals surface area contributed by atoms with Crippen LogP contribution in [0, 0.1) is 6.92 Å². The first-order chi connectivity index (χ1) is 11.3. The van der Waals surface area contributed by atoms with Gasteiger partial charge in [0, 0.05) is 6.07 Å².